The summed E-state index contributed by atoms with van der Waals surface area (Å²) in [5, 5.41) is 5.95. The largest absolute Gasteiger partial charge is 0.383 e. The van der Waals surface area contributed by atoms with Crippen molar-refractivity contribution in [2.24, 2.45) is 0 Å². The number of hydrogen-bond donors (Lipinski definition) is 3. The van der Waals surface area contributed by atoms with Gasteiger partial charge in [-0.15, -0.1) is 0 Å². The van der Waals surface area contributed by atoms with Crippen LogP contribution in [-0.4, -0.2) is 45.8 Å². The Kier molecular flexibility index (Phi) is 7.17. The molecular formula is C24H27FN6O3. The minimum atomic E-state index is -0.647. The summed E-state index contributed by atoms with van der Waals surface area (Å²) in [5.41, 5.74) is 1.58. The lowest BCUT2D eigenvalue weighted by molar-refractivity contribution is 0.188. The quantitative estimate of drug-likeness (QED) is 0.322. The van der Waals surface area contributed by atoms with Gasteiger partial charge in [0.25, 0.3) is 5.56 Å². The highest BCUT2D eigenvalue weighted by Crippen LogP contribution is 2.28. The van der Waals surface area contributed by atoms with E-state index in [-0.39, 0.29) is 16.9 Å². The molecule has 0 spiro atoms. The molecule has 0 aliphatic heterocycles. The van der Waals surface area contributed by atoms with Gasteiger partial charge < -0.3 is 24.9 Å². The van der Waals surface area contributed by atoms with Gasteiger partial charge in [-0.2, -0.15) is 0 Å². The summed E-state index contributed by atoms with van der Waals surface area (Å²) in [4.78, 5) is 36.7. The van der Waals surface area contributed by atoms with Crippen LogP contribution in [0.3, 0.4) is 0 Å². The number of rotatable bonds is 9. The number of ether oxygens (including phenoxy) is 1. The van der Waals surface area contributed by atoms with E-state index in [0.29, 0.717) is 36.4 Å². The Morgan fingerprint density at radius 3 is 2.94 bits per heavy atom. The monoisotopic (exact) mass is 466 g/mol. The number of aromatic nitrogens is 4. The highest BCUT2D eigenvalue weighted by Gasteiger charge is 2.17. The van der Waals surface area contributed by atoms with Gasteiger partial charge in [0.2, 0.25) is 0 Å². The molecule has 0 bridgehead atoms. The summed E-state index contributed by atoms with van der Waals surface area (Å²) in [5.74, 6) is -0.647. The van der Waals surface area contributed by atoms with Crippen molar-refractivity contribution >= 4 is 33.8 Å². The fraction of sp³-hybridized carbons (Fsp3) is 0.333. The van der Waals surface area contributed by atoms with Crippen LogP contribution >= 0.6 is 0 Å². The number of H-pyrrole nitrogens is 1. The Bertz CT molecular complexity index is 1380. The predicted octanol–water partition coefficient (Wildman–Crippen LogP) is 4.04. The molecule has 178 valence electrons. The van der Waals surface area contributed by atoms with E-state index in [1.807, 2.05) is 10.6 Å². The number of nitrogens with zero attached hydrogens (tertiary/aromatic N) is 3. The standard InChI is InChI=1S/C24H27FN6O3/c1-3-4-5-8-27-24(33)30-18-13-20-19(12-17(18)25)28-21(23(32)29-20)16-14-31(10-11-34-2)22-15(16)7-6-9-26-22/h6-7,9,12-14H,3-5,8,10-11H2,1-2H3,(H,29,32)(H2,27,30,33). The molecule has 0 radical (unpaired) electrons. The lowest BCUT2D eigenvalue weighted by Crippen LogP contribution is -2.29. The first kappa shape index (κ1) is 23.4. The van der Waals surface area contributed by atoms with E-state index < -0.39 is 17.4 Å². The summed E-state index contributed by atoms with van der Waals surface area (Å²) in [6, 6.07) is 5.71. The maximum atomic E-state index is 14.8. The zero-order valence-electron chi connectivity index (χ0n) is 19.2. The third-order valence-corrected chi connectivity index (χ3v) is 5.52. The molecule has 3 heterocycles. The van der Waals surface area contributed by atoms with Crippen LogP contribution in [-0.2, 0) is 11.3 Å². The number of amides is 2. The number of nitrogens with one attached hydrogen (secondary N) is 3. The van der Waals surface area contributed by atoms with Gasteiger partial charge in [0, 0.05) is 49.6 Å². The number of aromatic amines is 1. The number of methoxy groups -OCH3 is 1. The van der Waals surface area contributed by atoms with Gasteiger partial charge in [-0.25, -0.2) is 19.2 Å². The molecule has 0 aliphatic carbocycles. The normalized spacial score (nSPS) is 11.3. The lowest BCUT2D eigenvalue weighted by Gasteiger charge is -2.10. The van der Waals surface area contributed by atoms with Gasteiger partial charge in [0.05, 0.1) is 23.3 Å². The minimum absolute atomic E-state index is 0.0361. The number of benzene rings is 1. The molecule has 4 rings (SSSR count). The van der Waals surface area contributed by atoms with Gasteiger partial charge in [0.1, 0.15) is 17.2 Å². The van der Waals surface area contributed by atoms with Crippen molar-refractivity contribution in [2.45, 2.75) is 32.7 Å². The minimum Gasteiger partial charge on any atom is -0.383 e. The third-order valence-electron chi connectivity index (χ3n) is 5.52. The van der Waals surface area contributed by atoms with E-state index in [1.165, 1.54) is 12.1 Å². The van der Waals surface area contributed by atoms with Crippen LogP contribution in [0.5, 0.6) is 0 Å². The SMILES string of the molecule is CCCCCNC(=O)Nc1cc2[nH]c(=O)c(-c3cn(CCOC)c4ncccc34)nc2cc1F. The van der Waals surface area contributed by atoms with Crippen LogP contribution in [0.15, 0.2) is 41.5 Å². The first-order chi connectivity index (χ1) is 16.5. The molecule has 1 aromatic carbocycles. The number of pyridine rings is 1. The number of urea groups is 1. The van der Waals surface area contributed by atoms with Crippen LogP contribution in [0.1, 0.15) is 26.2 Å². The average molecular weight is 467 g/mol. The van der Waals surface area contributed by atoms with Gasteiger partial charge in [0.15, 0.2) is 0 Å². The number of carbonyl (C=O) groups excluding carboxylic acids is 1. The molecule has 0 unspecified atom stereocenters. The van der Waals surface area contributed by atoms with Gasteiger partial charge >= 0.3 is 6.03 Å². The fourth-order valence-corrected chi connectivity index (χ4v) is 3.80. The van der Waals surface area contributed by atoms with E-state index in [0.717, 1.165) is 24.6 Å². The molecule has 0 saturated carbocycles. The van der Waals surface area contributed by atoms with Crippen molar-refractivity contribution in [1.29, 1.82) is 0 Å². The lowest BCUT2D eigenvalue weighted by atomic mass is 10.1. The molecule has 4 aromatic rings. The molecule has 0 aliphatic rings. The second-order valence-corrected chi connectivity index (χ2v) is 7.96. The number of fused-ring (bicyclic) bond motifs is 2. The smallest absolute Gasteiger partial charge is 0.319 e. The summed E-state index contributed by atoms with van der Waals surface area (Å²) in [7, 11) is 1.61. The number of unbranched alkanes of at least 4 members (excludes halogenated alkanes) is 2. The maximum Gasteiger partial charge on any atom is 0.319 e. The Morgan fingerprint density at radius 2 is 2.15 bits per heavy atom. The molecule has 2 amide bonds. The highest BCUT2D eigenvalue weighted by atomic mass is 19.1. The number of hydrogen-bond acceptors (Lipinski definition) is 5. The predicted molar refractivity (Wildman–Crippen MR) is 129 cm³/mol. The Labute approximate surface area is 195 Å². The summed E-state index contributed by atoms with van der Waals surface area (Å²) >= 11 is 0. The second-order valence-electron chi connectivity index (χ2n) is 7.96. The van der Waals surface area contributed by atoms with Crippen LogP contribution in [0.4, 0.5) is 14.9 Å². The van der Waals surface area contributed by atoms with Gasteiger partial charge in [-0.1, -0.05) is 19.8 Å². The van der Waals surface area contributed by atoms with Crippen molar-refractivity contribution in [3.63, 3.8) is 0 Å². The summed E-state index contributed by atoms with van der Waals surface area (Å²) < 4.78 is 21.8. The molecule has 10 heteroatoms. The van der Waals surface area contributed by atoms with Crippen molar-refractivity contribution in [3.8, 4) is 11.3 Å². The molecular weight excluding hydrogens is 439 g/mol. The maximum absolute atomic E-state index is 14.8. The van der Waals surface area contributed by atoms with Crippen LogP contribution in [0, 0.1) is 5.82 Å². The fourth-order valence-electron chi connectivity index (χ4n) is 3.80. The number of anilines is 1. The zero-order chi connectivity index (χ0) is 24.1. The number of carbonyl (C=O) groups is 1. The molecule has 3 aromatic heterocycles. The summed E-state index contributed by atoms with van der Waals surface area (Å²) in [6.45, 7) is 3.61. The van der Waals surface area contributed by atoms with Crippen molar-refractivity contribution in [1.82, 2.24) is 24.8 Å². The topological polar surface area (TPSA) is 114 Å². The molecule has 0 saturated heterocycles. The van der Waals surface area contributed by atoms with Crippen LogP contribution < -0.4 is 16.2 Å². The van der Waals surface area contributed by atoms with Crippen molar-refractivity contribution < 1.29 is 13.9 Å². The second kappa shape index (κ2) is 10.4. The third kappa shape index (κ3) is 4.91. The van der Waals surface area contributed by atoms with Crippen molar-refractivity contribution in [3.05, 3.63) is 52.8 Å². The van der Waals surface area contributed by atoms with E-state index in [4.69, 9.17) is 4.74 Å². The average Bonchev–Trinajstić information content (AvgIpc) is 3.19. The zero-order valence-corrected chi connectivity index (χ0v) is 19.2. The van der Waals surface area contributed by atoms with Crippen molar-refractivity contribution in [2.75, 3.05) is 25.6 Å². The van der Waals surface area contributed by atoms with Gasteiger partial charge in [-0.3, -0.25) is 4.79 Å². The Hall–Kier alpha value is -3.79. The van der Waals surface area contributed by atoms with Crippen LogP contribution in [0.2, 0.25) is 0 Å². The number of halogens is 1. The molecule has 34 heavy (non-hydrogen) atoms. The van der Waals surface area contributed by atoms with E-state index in [1.54, 1.807) is 25.6 Å². The van der Waals surface area contributed by atoms with Gasteiger partial charge in [-0.05, 0) is 24.6 Å². The van der Waals surface area contributed by atoms with E-state index >= 15 is 0 Å². The molecule has 0 fully saturated rings. The van der Waals surface area contributed by atoms with Crippen LogP contribution in [0.25, 0.3) is 33.3 Å². The molecule has 0 atom stereocenters. The molecule has 3 N–H and O–H groups in total. The molecule has 9 nitrogen and oxygen atoms in total. The van der Waals surface area contributed by atoms with E-state index in [9.17, 15) is 14.0 Å². The first-order valence-corrected chi connectivity index (χ1v) is 11.2. The first-order valence-electron chi connectivity index (χ1n) is 11.2. The summed E-state index contributed by atoms with van der Waals surface area (Å²) in [6.07, 6.45) is 6.37. The Balaban J connectivity index is 1.67. The Morgan fingerprint density at radius 1 is 1.29 bits per heavy atom. The highest BCUT2D eigenvalue weighted by molar-refractivity contribution is 5.95. The van der Waals surface area contributed by atoms with E-state index in [2.05, 4.69) is 32.5 Å².